The number of amides is 4. The van der Waals surface area contributed by atoms with Crippen LogP contribution in [0.15, 0.2) is 29.5 Å². The number of hydrogen-bond donors (Lipinski definition) is 2. The largest absolute Gasteiger partial charge is 0.378 e. The summed E-state index contributed by atoms with van der Waals surface area (Å²) < 4.78 is 19.8. The topological polar surface area (TPSA) is 91.0 Å². The molecule has 1 aromatic rings. The van der Waals surface area contributed by atoms with E-state index in [-0.39, 0.29) is 24.4 Å². The van der Waals surface area contributed by atoms with E-state index in [4.69, 9.17) is 4.74 Å². The summed E-state index contributed by atoms with van der Waals surface area (Å²) >= 11 is 0. The Morgan fingerprint density at radius 3 is 2.56 bits per heavy atom. The van der Waals surface area contributed by atoms with Crippen LogP contribution in [0.25, 0.3) is 0 Å². The maximum atomic E-state index is 14.6. The first-order valence-corrected chi connectivity index (χ1v) is 13.0. The highest BCUT2D eigenvalue weighted by Crippen LogP contribution is 2.36. The Morgan fingerprint density at radius 1 is 1.19 bits per heavy atom. The fourth-order valence-corrected chi connectivity index (χ4v) is 5.54. The molecule has 196 valence electrons. The van der Waals surface area contributed by atoms with Crippen LogP contribution in [0.3, 0.4) is 0 Å². The number of rotatable bonds is 8. The first-order valence-electron chi connectivity index (χ1n) is 13.0. The number of urea groups is 2. The molecule has 36 heavy (non-hydrogen) atoms. The number of carbonyl (C=O) groups is 3. The van der Waals surface area contributed by atoms with E-state index in [2.05, 4.69) is 15.5 Å². The molecule has 2 heterocycles. The number of carbonyl (C=O) groups excluding carboxylic acids is 3. The third-order valence-electron chi connectivity index (χ3n) is 7.59. The first kappa shape index (κ1) is 26.3. The van der Waals surface area contributed by atoms with Gasteiger partial charge in [-0.05, 0) is 37.0 Å². The molecular weight excluding hydrogens is 463 g/mol. The summed E-state index contributed by atoms with van der Waals surface area (Å²) in [4.78, 5) is 43.1. The molecule has 2 fully saturated rings. The lowest BCUT2D eigenvalue weighted by Gasteiger charge is -2.46. The van der Waals surface area contributed by atoms with Gasteiger partial charge in [-0.1, -0.05) is 38.3 Å². The summed E-state index contributed by atoms with van der Waals surface area (Å²) in [5, 5.41) is 5.56. The van der Waals surface area contributed by atoms with Gasteiger partial charge in [-0.2, -0.15) is 0 Å². The van der Waals surface area contributed by atoms with E-state index in [1.54, 1.807) is 26.0 Å². The lowest BCUT2D eigenvalue weighted by Crippen LogP contribution is -2.58. The SMILES string of the molecule is CCC(=O)C1=C(COC)NC(=O)N(C(=O)NCC2CN(C3CCCCC3)C2)C1c1ccc(C)c(F)c1. The molecule has 4 rings (SSSR count). The predicted molar refractivity (Wildman–Crippen MR) is 134 cm³/mol. The van der Waals surface area contributed by atoms with Crippen LogP contribution < -0.4 is 10.6 Å². The lowest BCUT2D eigenvalue weighted by molar-refractivity contribution is -0.116. The number of halogens is 1. The third-order valence-corrected chi connectivity index (χ3v) is 7.59. The number of likely N-dealkylation sites (tertiary alicyclic amines) is 1. The second kappa shape index (κ2) is 11.5. The van der Waals surface area contributed by atoms with Gasteiger partial charge in [0.25, 0.3) is 0 Å². The van der Waals surface area contributed by atoms with Crippen LogP contribution in [-0.2, 0) is 9.53 Å². The highest BCUT2D eigenvalue weighted by molar-refractivity contribution is 6.04. The van der Waals surface area contributed by atoms with Gasteiger partial charge in [0.2, 0.25) is 0 Å². The molecule has 0 bridgehead atoms. The average Bonchev–Trinajstić information content (AvgIpc) is 2.84. The van der Waals surface area contributed by atoms with Gasteiger partial charge in [-0.15, -0.1) is 0 Å². The van der Waals surface area contributed by atoms with E-state index < -0.39 is 23.9 Å². The van der Waals surface area contributed by atoms with Crippen LogP contribution in [0, 0.1) is 18.7 Å². The number of nitrogens with zero attached hydrogens (tertiary/aromatic N) is 2. The Labute approximate surface area is 212 Å². The molecule has 1 unspecified atom stereocenters. The molecule has 1 saturated carbocycles. The second-order valence-corrected chi connectivity index (χ2v) is 10.1. The quantitative estimate of drug-likeness (QED) is 0.562. The van der Waals surface area contributed by atoms with Crippen LogP contribution in [0.1, 0.15) is 62.6 Å². The maximum absolute atomic E-state index is 14.6. The number of ketones is 1. The standard InChI is InChI=1S/C27H37FN4O4/c1-4-23(33)24-22(16-36-3)30-27(35)32(25(24)19-11-10-17(2)21(28)12-19)26(34)29-13-18-14-31(15-18)20-8-6-5-7-9-20/h10-12,18,20,25H,4-9,13-16H2,1-3H3,(H,29,34)(H,30,35). The van der Waals surface area contributed by atoms with Crippen molar-refractivity contribution in [3.8, 4) is 0 Å². The predicted octanol–water partition coefficient (Wildman–Crippen LogP) is 4.05. The van der Waals surface area contributed by atoms with Crippen molar-refractivity contribution < 1.29 is 23.5 Å². The zero-order valence-corrected chi connectivity index (χ0v) is 21.4. The Balaban J connectivity index is 1.54. The number of imide groups is 1. The van der Waals surface area contributed by atoms with E-state index in [0.29, 0.717) is 35.3 Å². The fourth-order valence-electron chi connectivity index (χ4n) is 5.54. The third kappa shape index (κ3) is 5.47. The summed E-state index contributed by atoms with van der Waals surface area (Å²) in [5.74, 6) is -0.393. The van der Waals surface area contributed by atoms with E-state index >= 15 is 0 Å². The normalized spacial score (nSPS) is 21.8. The van der Waals surface area contributed by atoms with Crippen molar-refractivity contribution in [3.05, 3.63) is 46.4 Å². The molecule has 1 saturated heterocycles. The lowest BCUT2D eigenvalue weighted by atomic mass is 9.89. The van der Waals surface area contributed by atoms with Gasteiger partial charge < -0.3 is 15.4 Å². The van der Waals surface area contributed by atoms with Crippen molar-refractivity contribution >= 4 is 17.8 Å². The molecule has 2 aliphatic heterocycles. The molecule has 1 aliphatic carbocycles. The van der Waals surface area contributed by atoms with Crippen LogP contribution >= 0.6 is 0 Å². The number of ether oxygens (including phenoxy) is 1. The number of hydrogen-bond acceptors (Lipinski definition) is 5. The summed E-state index contributed by atoms with van der Waals surface area (Å²) in [6, 6.07) is 2.86. The van der Waals surface area contributed by atoms with Gasteiger partial charge in [-0.3, -0.25) is 9.69 Å². The first-order chi connectivity index (χ1) is 17.3. The van der Waals surface area contributed by atoms with E-state index in [1.807, 2.05) is 0 Å². The maximum Gasteiger partial charge on any atom is 0.330 e. The van der Waals surface area contributed by atoms with Gasteiger partial charge in [-0.25, -0.2) is 18.9 Å². The average molecular weight is 501 g/mol. The van der Waals surface area contributed by atoms with Crippen molar-refractivity contribution in [3.63, 3.8) is 0 Å². The Morgan fingerprint density at radius 2 is 1.92 bits per heavy atom. The smallest absolute Gasteiger partial charge is 0.330 e. The molecule has 0 aromatic heterocycles. The number of Topliss-reactive ketones (excluding diaryl/α,β-unsaturated/α-hetero) is 1. The molecule has 2 N–H and O–H groups in total. The summed E-state index contributed by atoms with van der Waals surface area (Å²) in [5.41, 5.74) is 1.34. The van der Waals surface area contributed by atoms with Gasteiger partial charge in [0.05, 0.1) is 18.3 Å². The van der Waals surface area contributed by atoms with Crippen LogP contribution in [0.4, 0.5) is 14.0 Å². The number of benzene rings is 1. The number of nitrogens with one attached hydrogen (secondary N) is 2. The van der Waals surface area contributed by atoms with Gasteiger partial charge in [0, 0.05) is 50.7 Å². The molecule has 0 spiro atoms. The van der Waals surface area contributed by atoms with Gasteiger partial charge in [0.1, 0.15) is 5.82 Å². The molecule has 1 aromatic carbocycles. The zero-order chi connectivity index (χ0) is 25.8. The van der Waals surface area contributed by atoms with Crippen molar-refractivity contribution in [2.75, 3.05) is 33.4 Å². The van der Waals surface area contributed by atoms with Crippen molar-refractivity contribution in [1.29, 1.82) is 0 Å². The molecule has 1 atom stereocenters. The Hall–Kier alpha value is -2.78. The van der Waals surface area contributed by atoms with E-state index in [1.165, 1.54) is 45.3 Å². The van der Waals surface area contributed by atoms with Gasteiger partial charge in [0.15, 0.2) is 5.78 Å². The molecule has 0 radical (unpaired) electrons. The molecule has 8 nitrogen and oxygen atoms in total. The molecule has 4 amide bonds. The molecular formula is C27H37FN4O4. The summed E-state index contributed by atoms with van der Waals surface area (Å²) in [6.45, 7) is 5.64. The van der Waals surface area contributed by atoms with Crippen LogP contribution in [0.2, 0.25) is 0 Å². The highest BCUT2D eigenvalue weighted by Gasteiger charge is 2.42. The summed E-state index contributed by atoms with van der Waals surface area (Å²) in [6.07, 6.45) is 6.53. The van der Waals surface area contributed by atoms with Crippen molar-refractivity contribution in [1.82, 2.24) is 20.4 Å². The minimum absolute atomic E-state index is 0.00775. The van der Waals surface area contributed by atoms with Crippen LogP contribution in [-0.4, -0.2) is 67.0 Å². The van der Waals surface area contributed by atoms with E-state index in [0.717, 1.165) is 18.0 Å². The minimum Gasteiger partial charge on any atom is -0.378 e. The van der Waals surface area contributed by atoms with Gasteiger partial charge >= 0.3 is 12.1 Å². The second-order valence-electron chi connectivity index (χ2n) is 10.1. The zero-order valence-electron chi connectivity index (χ0n) is 21.4. The molecule has 3 aliphatic rings. The number of aryl methyl sites for hydroxylation is 1. The summed E-state index contributed by atoms with van der Waals surface area (Å²) in [7, 11) is 1.46. The fraction of sp³-hybridized carbons (Fsp3) is 0.593. The molecule has 9 heteroatoms. The monoisotopic (exact) mass is 500 g/mol. The highest BCUT2D eigenvalue weighted by atomic mass is 19.1. The Kier molecular flexibility index (Phi) is 8.41. The Bertz CT molecular complexity index is 1030. The van der Waals surface area contributed by atoms with Crippen molar-refractivity contribution in [2.45, 2.75) is 64.5 Å². The van der Waals surface area contributed by atoms with Crippen molar-refractivity contribution in [2.24, 2.45) is 5.92 Å². The number of methoxy groups -OCH3 is 1. The van der Waals surface area contributed by atoms with E-state index in [9.17, 15) is 18.8 Å². The minimum atomic E-state index is -1.05. The van der Waals surface area contributed by atoms with Crippen LogP contribution in [0.5, 0.6) is 0 Å².